The van der Waals surface area contributed by atoms with Crippen LogP contribution in [0.5, 0.6) is 0 Å². The summed E-state index contributed by atoms with van der Waals surface area (Å²) in [6.45, 7) is 2.01. The molecule has 2 aromatic rings. The van der Waals surface area contributed by atoms with Crippen molar-refractivity contribution in [1.82, 2.24) is 9.97 Å². The lowest BCUT2D eigenvalue weighted by atomic mass is 10.1. The third-order valence-corrected chi connectivity index (χ3v) is 3.97. The van der Waals surface area contributed by atoms with Crippen LogP contribution in [0.3, 0.4) is 0 Å². The number of carboxylic acids is 1. The van der Waals surface area contributed by atoms with Gasteiger partial charge >= 0.3 is 5.97 Å². The van der Waals surface area contributed by atoms with Gasteiger partial charge in [0.25, 0.3) is 0 Å². The minimum Gasteiger partial charge on any atom is -0.478 e. The molecule has 1 saturated carbocycles. The number of aromatic carboxylic acids is 1. The van der Waals surface area contributed by atoms with Gasteiger partial charge in [-0.1, -0.05) is 0 Å². The topological polar surface area (TPSA) is 63.1 Å². The van der Waals surface area contributed by atoms with Gasteiger partial charge in [0.05, 0.1) is 11.3 Å². The van der Waals surface area contributed by atoms with Crippen LogP contribution in [0.25, 0.3) is 11.4 Å². The highest BCUT2D eigenvalue weighted by Crippen LogP contribution is 2.41. The van der Waals surface area contributed by atoms with Crippen LogP contribution in [0, 0.1) is 6.92 Å². The highest BCUT2D eigenvalue weighted by molar-refractivity contribution is 7.08. The van der Waals surface area contributed by atoms with Gasteiger partial charge in [-0.2, -0.15) is 11.3 Å². The summed E-state index contributed by atoms with van der Waals surface area (Å²) in [6.07, 6.45) is 3.49. The maximum Gasteiger partial charge on any atom is 0.339 e. The Hall–Kier alpha value is -1.75. The van der Waals surface area contributed by atoms with Crippen LogP contribution >= 0.6 is 11.3 Å². The van der Waals surface area contributed by atoms with Gasteiger partial charge in [-0.15, -0.1) is 0 Å². The molecule has 1 fully saturated rings. The lowest BCUT2D eigenvalue weighted by molar-refractivity contribution is 0.0694. The van der Waals surface area contributed by atoms with E-state index in [-0.39, 0.29) is 5.56 Å². The molecule has 0 amide bonds. The molecule has 2 heterocycles. The summed E-state index contributed by atoms with van der Waals surface area (Å²) in [6, 6.07) is 0. The molecule has 1 N–H and O–H groups in total. The molecule has 3 rings (SSSR count). The zero-order valence-corrected chi connectivity index (χ0v) is 10.7. The molecular weight excluding hydrogens is 248 g/mol. The van der Waals surface area contributed by atoms with Crippen molar-refractivity contribution < 1.29 is 9.90 Å². The Kier molecular flexibility index (Phi) is 2.63. The van der Waals surface area contributed by atoms with Gasteiger partial charge in [0.2, 0.25) is 0 Å². The van der Waals surface area contributed by atoms with Gasteiger partial charge in [0.1, 0.15) is 0 Å². The maximum absolute atomic E-state index is 11.1. The molecule has 1 aliphatic carbocycles. The van der Waals surface area contributed by atoms with Crippen LogP contribution in [0.1, 0.15) is 40.4 Å². The van der Waals surface area contributed by atoms with E-state index in [9.17, 15) is 4.79 Å². The minimum absolute atomic E-state index is 0.245. The molecule has 0 aromatic carbocycles. The summed E-state index contributed by atoms with van der Waals surface area (Å²) in [5.74, 6) is 0.00272. The highest BCUT2D eigenvalue weighted by Gasteiger charge is 2.30. The number of aromatic nitrogens is 2. The summed E-state index contributed by atoms with van der Waals surface area (Å²) in [5, 5.41) is 13.2. The van der Waals surface area contributed by atoms with E-state index in [0.717, 1.165) is 24.0 Å². The van der Waals surface area contributed by atoms with Crippen LogP contribution < -0.4 is 0 Å². The summed E-state index contributed by atoms with van der Waals surface area (Å²) in [7, 11) is 0. The molecular formula is C13H12N2O2S. The third-order valence-electron chi connectivity index (χ3n) is 3.11. The summed E-state index contributed by atoms with van der Waals surface area (Å²) in [4.78, 5) is 19.8. The van der Waals surface area contributed by atoms with Gasteiger partial charge in [0.15, 0.2) is 5.82 Å². The second-order valence-corrected chi connectivity index (χ2v) is 5.28. The quantitative estimate of drug-likeness (QED) is 0.921. The van der Waals surface area contributed by atoms with Crippen molar-refractivity contribution in [1.29, 1.82) is 0 Å². The average molecular weight is 260 g/mol. The number of carbonyl (C=O) groups is 1. The second kappa shape index (κ2) is 4.17. The van der Waals surface area contributed by atoms with Gasteiger partial charge in [0, 0.05) is 23.1 Å². The molecule has 0 bridgehead atoms. The Balaban J connectivity index is 2.11. The van der Waals surface area contributed by atoms with Crippen molar-refractivity contribution in [2.24, 2.45) is 0 Å². The molecule has 0 aliphatic heterocycles. The van der Waals surface area contributed by atoms with Gasteiger partial charge in [-0.05, 0) is 30.7 Å². The van der Waals surface area contributed by atoms with Crippen molar-refractivity contribution in [2.75, 3.05) is 0 Å². The normalized spacial score (nSPS) is 14.7. The third kappa shape index (κ3) is 1.90. The zero-order chi connectivity index (χ0) is 12.7. The van der Waals surface area contributed by atoms with Crippen LogP contribution in [-0.2, 0) is 0 Å². The zero-order valence-electron chi connectivity index (χ0n) is 9.88. The predicted octanol–water partition coefficient (Wildman–Crippen LogP) is 3.09. The first-order valence-electron chi connectivity index (χ1n) is 5.80. The number of rotatable bonds is 3. The Morgan fingerprint density at radius 1 is 1.44 bits per heavy atom. The van der Waals surface area contributed by atoms with E-state index >= 15 is 0 Å². The first-order chi connectivity index (χ1) is 8.66. The number of nitrogens with zero attached hydrogens (tertiary/aromatic N) is 2. The number of aryl methyl sites for hydroxylation is 1. The molecule has 92 valence electrons. The fourth-order valence-corrected chi connectivity index (χ4v) is 2.77. The van der Waals surface area contributed by atoms with Crippen molar-refractivity contribution in [2.45, 2.75) is 25.7 Å². The van der Waals surface area contributed by atoms with Crippen molar-refractivity contribution >= 4 is 17.3 Å². The Bertz CT molecular complexity index is 617. The van der Waals surface area contributed by atoms with Crippen molar-refractivity contribution in [3.05, 3.63) is 33.8 Å². The molecule has 0 radical (unpaired) electrons. The monoisotopic (exact) mass is 260 g/mol. The van der Waals surface area contributed by atoms with Crippen LogP contribution in [0.15, 0.2) is 17.0 Å². The fraction of sp³-hybridized carbons (Fsp3) is 0.308. The Morgan fingerprint density at radius 3 is 2.78 bits per heavy atom. The van der Waals surface area contributed by atoms with Crippen LogP contribution in [-0.4, -0.2) is 21.0 Å². The van der Waals surface area contributed by atoms with E-state index in [1.165, 1.54) is 6.20 Å². The smallest absolute Gasteiger partial charge is 0.339 e. The van der Waals surface area contributed by atoms with Gasteiger partial charge in [-0.25, -0.2) is 14.8 Å². The molecule has 0 spiro atoms. The SMILES string of the molecule is Cc1cscc1-c1ncc(C(=O)O)c(C2CC2)n1. The van der Waals surface area contributed by atoms with Crippen LogP contribution in [0.2, 0.25) is 0 Å². The Morgan fingerprint density at radius 2 is 2.22 bits per heavy atom. The lowest BCUT2D eigenvalue weighted by Crippen LogP contribution is -2.06. The molecule has 4 nitrogen and oxygen atoms in total. The molecule has 2 aromatic heterocycles. The number of hydrogen-bond donors (Lipinski definition) is 1. The number of thiophene rings is 1. The average Bonchev–Trinajstić information content (AvgIpc) is 3.11. The molecule has 0 saturated heterocycles. The van der Waals surface area contributed by atoms with E-state index in [1.54, 1.807) is 11.3 Å². The molecule has 1 aliphatic rings. The lowest BCUT2D eigenvalue weighted by Gasteiger charge is -2.06. The van der Waals surface area contributed by atoms with E-state index < -0.39 is 5.97 Å². The molecule has 18 heavy (non-hydrogen) atoms. The van der Waals surface area contributed by atoms with Gasteiger partial charge < -0.3 is 5.11 Å². The molecule has 0 unspecified atom stereocenters. The molecule has 0 atom stereocenters. The standard InChI is InChI=1S/C13H12N2O2S/c1-7-5-18-6-10(7)12-14-4-9(13(16)17)11(15-12)8-2-3-8/h4-6,8H,2-3H2,1H3,(H,16,17). The summed E-state index contributed by atoms with van der Waals surface area (Å²) < 4.78 is 0. The minimum atomic E-state index is -0.939. The largest absolute Gasteiger partial charge is 0.478 e. The van der Waals surface area contributed by atoms with Crippen LogP contribution in [0.4, 0.5) is 0 Å². The summed E-state index contributed by atoms with van der Waals surface area (Å²) >= 11 is 1.61. The maximum atomic E-state index is 11.1. The van der Waals surface area contributed by atoms with Crippen molar-refractivity contribution in [3.8, 4) is 11.4 Å². The number of carboxylic acid groups (broad SMARTS) is 1. The van der Waals surface area contributed by atoms with E-state index in [1.807, 2.05) is 17.7 Å². The van der Waals surface area contributed by atoms with Crippen molar-refractivity contribution in [3.63, 3.8) is 0 Å². The van der Waals surface area contributed by atoms with E-state index in [2.05, 4.69) is 9.97 Å². The highest BCUT2D eigenvalue weighted by atomic mass is 32.1. The first-order valence-corrected chi connectivity index (χ1v) is 6.74. The Labute approximate surface area is 108 Å². The second-order valence-electron chi connectivity index (χ2n) is 4.54. The summed E-state index contributed by atoms with van der Waals surface area (Å²) in [5.41, 5.74) is 3.07. The predicted molar refractivity (Wildman–Crippen MR) is 69.0 cm³/mol. The number of hydrogen-bond acceptors (Lipinski definition) is 4. The first kappa shape index (κ1) is 11.3. The van der Waals surface area contributed by atoms with E-state index in [0.29, 0.717) is 17.4 Å². The van der Waals surface area contributed by atoms with E-state index in [4.69, 9.17) is 5.11 Å². The fourth-order valence-electron chi connectivity index (χ4n) is 1.95. The van der Waals surface area contributed by atoms with Gasteiger partial charge in [-0.3, -0.25) is 0 Å². The molecule has 5 heteroatoms.